The monoisotopic (exact) mass is 470 g/mol. The molecule has 0 aromatic heterocycles. The molecule has 0 heterocycles. The summed E-state index contributed by atoms with van der Waals surface area (Å²) in [5, 5.41) is 2.22. The first-order valence-corrected chi connectivity index (χ1v) is 8.85. The molecule has 0 aliphatic heterocycles. The molecule has 0 radical (unpaired) electrons. The molecule has 0 fully saturated rings. The fourth-order valence-corrected chi connectivity index (χ4v) is 4.64. The molecule has 3 aromatic rings. The van der Waals surface area contributed by atoms with Gasteiger partial charge < -0.3 is 0 Å². The third-order valence-corrected chi connectivity index (χ3v) is 5.76. The number of benzene rings is 3. The van der Waals surface area contributed by atoms with E-state index in [0.29, 0.717) is 5.56 Å². The SMILES string of the molecule is Fc1cccc(Br)c1C(Br)c1ccc(Br)c2ccccc12. The van der Waals surface area contributed by atoms with Crippen LogP contribution in [0.4, 0.5) is 4.39 Å². The van der Waals surface area contributed by atoms with Gasteiger partial charge in [-0.1, -0.05) is 84.2 Å². The molecule has 106 valence electrons. The Morgan fingerprint density at radius 1 is 0.762 bits per heavy atom. The van der Waals surface area contributed by atoms with Gasteiger partial charge in [-0.25, -0.2) is 4.39 Å². The number of hydrogen-bond acceptors (Lipinski definition) is 0. The number of alkyl halides is 1. The molecule has 3 rings (SSSR count). The number of fused-ring (bicyclic) bond motifs is 1. The van der Waals surface area contributed by atoms with Gasteiger partial charge in [0.1, 0.15) is 5.82 Å². The maximum atomic E-state index is 14.2. The fourth-order valence-electron chi connectivity index (χ4n) is 2.41. The number of halogens is 4. The van der Waals surface area contributed by atoms with E-state index in [9.17, 15) is 4.39 Å². The Kier molecular flexibility index (Phi) is 4.48. The van der Waals surface area contributed by atoms with Crippen molar-refractivity contribution < 1.29 is 4.39 Å². The van der Waals surface area contributed by atoms with Gasteiger partial charge in [0.05, 0.1) is 4.83 Å². The minimum atomic E-state index is -0.224. The van der Waals surface area contributed by atoms with Gasteiger partial charge >= 0.3 is 0 Å². The zero-order valence-corrected chi connectivity index (χ0v) is 15.5. The molecule has 1 atom stereocenters. The molecule has 0 nitrogen and oxygen atoms in total. The molecule has 0 bridgehead atoms. The molecule has 1 unspecified atom stereocenters. The Morgan fingerprint density at radius 2 is 1.48 bits per heavy atom. The molecule has 0 spiro atoms. The van der Waals surface area contributed by atoms with Gasteiger partial charge in [-0.15, -0.1) is 0 Å². The minimum Gasteiger partial charge on any atom is -0.207 e. The zero-order chi connectivity index (χ0) is 15.0. The smallest absolute Gasteiger partial charge is 0.129 e. The van der Waals surface area contributed by atoms with Crippen LogP contribution in [0.15, 0.2) is 63.5 Å². The van der Waals surface area contributed by atoms with Gasteiger partial charge in [-0.3, -0.25) is 0 Å². The molecular weight excluding hydrogens is 463 g/mol. The highest BCUT2D eigenvalue weighted by Gasteiger charge is 2.20. The van der Waals surface area contributed by atoms with Gasteiger partial charge in [-0.2, -0.15) is 0 Å². The lowest BCUT2D eigenvalue weighted by Crippen LogP contribution is -1.99. The molecule has 3 aromatic carbocycles. The van der Waals surface area contributed by atoms with E-state index in [1.54, 1.807) is 6.07 Å². The topological polar surface area (TPSA) is 0 Å². The van der Waals surface area contributed by atoms with Crippen molar-refractivity contribution in [1.82, 2.24) is 0 Å². The molecular formula is C17H10Br3F. The second-order valence-electron chi connectivity index (χ2n) is 4.68. The summed E-state index contributed by atoms with van der Waals surface area (Å²) in [5.41, 5.74) is 1.66. The molecule has 0 saturated carbocycles. The summed E-state index contributed by atoms with van der Waals surface area (Å²) >= 11 is 10.7. The zero-order valence-electron chi connectivity index (χ0n) is 10.8. The van der Waals surface area contributed by atoms with E-state index < -0.39 is 0 Å². The number of rotatable bonds is 2. The van der Waals surface area contributed by atoms with Crippen LogP contribution in [0.2, 0.25) is 0 Å². The highest BCUT2D eigenvalue weighted by Crippen LogP contribution is 2.41. The first-order valence-electron chi connectivity index (χ1n) is 6.34. The summed E-state index contributed by atoms with van der Waals surface area (Å²) in [7, 11) is 0. The summed E-state index contributed by atoms with van der Waals surface area (Å²) in [5.74, 6) is -0.224. The third-order valence-electron chi connectivity index (χ3n) is 3.43. The van der Waals surface area contributed by atoms with E-state index in [1.165, 1.54) is 6.07 Å². The summed E-state index contributed by atoms with van der Waals surface area (Å²) in [6.45, 7) is 0. The molecule has 0 amide bonds. The average Bonchev–Trinajstić information content (AvgIpc) is 2.47. The van der Waals surface area contributed by atoms with Crippen LogP contribution in [0, 0.1) is 5.82 Å². The van der Waals surface area contributed by atoms with Crippen molar-refractivity contribution in [1.29, 1.82) is 0 Å². The van der Waals surface area contributed by atoms with Crippen LogP contribution in [0.5, 0.6) is 0 Å². The van der Waals surface area contributed by atoms with Crippen molar-refractivity contribution in [2.75, 3.05) is 0 Å². The Hall–Kier alpha value is -0.710. The quantitative estimate of drug-likeness (QED) is 0.353. The largest absolute Gasteiger partial charge is 0.207 e. The predicted molar refractivity (Wildman–Crippen MR) is 96.5 cm³/mol. The first kappa shape index (κ1) is 15.2. The molecule has 0 aliphatic carbocycles. The average molecular weight is 473 g/mol. The lowest BCUT2D eigenvalue weighted by atomic mass is 9.98. The maximum Gasteiger partial charge on any atom is 0.129 e. The van der Waals surface area contributed by atoms with Crippen molar-refractivity contribution in [2.45, 2.75) is 4.83 Å². The molecule has 21 heavy (non-hydrogen) atoms. The van der Waals surface area contributed by atoms with Crippen molar-refractivity contribution in [3.8, 4) is 0 Å². The van der Waals surface area contributed by atoms with Gasteiger partial charge in [0.15, 0.2) is 0 Å². The van der Waals surface area contributed by atoms with Gasteiger partial charge in [0, 0.05) is 14.5 Å². The van der Waals surface area contributed by atoms with Crippen molar-refractivity contribution >= 4 is 58.6 Å². The summed E-state index contributed by atoms with van der Waals surface area (Å²) in [6.07, 6.45) is 0. The second-order valence-corrected chi connectivity index (χ2v) is 7.30. The van der Waals surface area contributed by atoms with E-state index in [4.69, 9.17) is 0 Å². The fraction of sp³-hybridized carbons (Fsp3) is 0.0588. The Morgan fingerprint density at radius 3 is 2.19 bits per heavy atom. The normalized spacial score (nSPS) is 12.6. The summed E-state index contributed by atoms with van der Waals surface area (Å²) in [6, 6.07) is 17.2. The molecule has 4 heteroatoms. The van der Waals surface area contributed by atoms with Gasteiger partial charge in [0.25, 0.3) is 0 Å². The van der Waals surface area contributed by atoms with Crippen molar-refractivity contribution in [2.24, 2.45) is 0 Å². The second kappa shape index (κ2) is 6.19. The van der Waals surface area contributed by atoms with Gasteiger partial charge in [0.2, 0.25) is 0 Å². The van der Waals surface area contributed by atoms with Crippen LogP contribution in [0.1, 0.15) is 16.0 Å². The molecule has 0 saturated heterocycles. The minimum absolute atomic E-state index is 0.217. The predicted octanol–water partition coefficient (Wildman–Crippen LogP) is 6.99. The molecule has 0 aliphatic rings. The lowest BCUT2D eigenvalue weighted by Gasteiger charge is -2.16. The summed E-state index contributed by atoms with van der Waals surface area (Å²) < 4.78 is 16.0. The first-order chi connectivity index (χ1) is 10.1. The van der Waals surface area contributed by atoms with Gasteiger partial charge in [-0.05, 0) is 34.5 Å². The van der Waals surface area contributed by atoms with Crippen LogP contribution in [0.25, 0.3) is 10.8 Å². The summed E-state index contributed by atoms with van der Waals surface area (Å²) in [4.78, 5) is -0.217. The van der Waals surface area contributed by atoms with E-state index in [1.807, 2.05) is 30.3 Å². The highest BCUT2D eigenvalue weighted by atomic mass is 79.9. The number of hydrogen-bond donors (Lipinski definition) is 0. The van der Waals surface area contributed by atoms with E-state index >= 15 is 0 Å². The third kappa shape index (κ3) is 2.81. The lowest BCUT2D eigenvalue weighted by molar-refractivity contribution is 0.612. The maximum absolute atomic E-state index is 14.2. The van der Waals surface area contributed by atoms with Crippen molar-refractivity contribution in [3.05, 3.63) is 80.5 Å². The Bertz CT molecular complexity index is 794. The standard InChI is InChI=1S/C17H10Br3F/c18-13-9-8-12(10-4-1-2-5-11(10)13)17(20)16-14(19)6-3-7-15(16)21/h1-9,17H. The molecule has 0 N–H and O–H groups in total. The van der Waals surface area contributed by atoms with Crippen molar-refractivity contribution in [3.63, 3.8) is 0 Å². The Balaban J connectivity index is 2.23. The van der Waals surface area contributed by atoms with E-state index in [2.05, 4.69) is 59.9 Å². The van der Waals surface area contributed by atoms with Crippen LogP contribution < -0.4 is 0 Å². The highest BCUT2D eigenvalue weighted by molar-refractivity contribution is 9.11. The van der Waals surface area contributed by atoms with E-state index in [0.717, 1.165) is 25.3 Å². The van der Waals surface area contributed by atoms with E-state index in [-0.39, 0.29) is 10.6 Å². The van der Waals surface area contributed by atoms with Crippen LogP contribution in [0.3, 0.4) is 0 Å². The van der Waals surface area contributed by atoms with Crippen LogP contribution >= 0.6 is 47.8 Å². The Labute approximate surface area is 147 Å². The van der Waals surface area contributed by atoms with Crippen LogP contribution in [-0.4, -0.2) is 0 Å². The van der Waals surface area contributed by atoms with Crippen LogP contribution in [-0.2, 0) is 0 Å².